The molecular weight excluding hydrogens is 475 g/mol. The standard InChI is InChI=1S/C22H20F3N3O7/c1-4-34-20(29)18-11(2)26-21(30)27-19(18)12-5-7-16(17(9-12)33-3)35-15-8-6-13(22(23,24)25)10-14(15)28(31)32/h5-10,19H,4H2,1-3H3,(H2,26,27,30). The van der Waals surface area contributed by atoms with Crippen molar-refractivity contribution in [2.45, 2.75) is 26.1 Å². The van der Waals surface area contributed by atoms with Crippen LogP contribution in [-0.4, -0.2) is 30.6 Å². The van der Waals surface area contributed by atoms with Gasteiger partial charge in [-0.25, -0.2) is 9.59 Å². The Morgan fingerprint density at radius 2 is 1.83 bits per heavy atom. The number of halogens is 3. The number of nitrogens with one attached hydrogen (secondary N) is 2. The molecule has 186 valence electrons. The molecule has 1 unspecified atom stereocenters. The van der Waals surface area contributed by atoms with Gasteiger partial charge in [-0.1, -0.05) is 6.07 Å². The summed E-state index contributed by atoms with van der Waals surface area (Å²) in [6.45, 7) is 3.28. The van der Waals surface area contributed by atoms with Crippen LogP contribution < -0.4 is 20.1 Å². The van der Waals surface area contributed by atoms with Crippen molar-refractivity contribution in [3.8, 4) is 17.2 Å². The Kier molecular flexibility index (Phi) is 7.17. The Labute approximate surface area is 196 Å². The van der Waals surface area contributed by atoms with Gasteiger partial charge in [0.1, 0.15) is 0 Å². The second-order valence-corrected chi connectivity index (χ2v) is 7.24. The van der Waals surface area contributed by atoms with Crippen molar-refractivity contribution >= 4 is 17.7 Å². The summed E-state index contributed by atoms with van der Waals surface area (Å²) in [5.41, 5.74) is -1.25. The van der Waals surface area contributed by atoms with Gasteiger partial charge in [0.05, 0.1) is 35.8 Å². The molecule has 35 heavy (non-hydrogen) atoms. The van der Waals surface area contributed by atoms with Crippen LogP contribution in [0.25, 0.3) is 0 Å². The number of rotatable bonds is 7. The summed E-state index contributed by atoms with van der Waals surface area (Å²) < 4.78 is 54.8. The van der Waals surface area contributed by atoms with Crippen molar-refractivity contribution in [3.63, 3.8) is 0 Å². The summed E-state index contributed by atoms with van der Waals surface area (Å²) in [4.78, 5) is 34.9. The molecule has 2 N–H and O–H groups in total. The SMILES string of the molecule is CCOC(=O)C1=C(C)NC(=O)NC1c1ccc(Oc2ccc(C(F)(F)F)cc2[N+](=O)[O-])c(OC)c1. The third-order valence-electron chi connectivity index (χ3n) is 4.99. The average molecular weight is 495 g/mol. The molecular formula is C22H20F3N3O7. The molecule has 0 aromatic heterocycles. The van der Waals surface area contributed by atoms with Crippen molar-refractivity contribution in [1.82, 2.24) is 10.6 Å². The lowest BCUT2D eigenvalue weighted by atomic mass is 9.95. The van der Waals surface area contributed by atoms with E-state index < -0.39 is 46.1 Å². The van der Waals surface area contributed by atoms with E-state index in [-0.39, 0.29) is 29.4 Å². The first-order valence-corrected chi connectivity index (χ1v) is 10.1. The highest BCUT2D eigenvalue weighted by molar-refractivity contribution is 5.95. The number of benzene rings is 2. The summed E-state index contributed by atoms with van der Waals surface area (Å²) in [5.74, 6) is -1.09. The Morgan fingerprint density at radius 3 is 2.43 bits per heavy atom. The van der Waals surface area contributed by atoms with E-state index in [2.05, 4.69) is 10.6 Å². The first-order chi connectivity index (χ1) is 16.5. The van der Waals surface area contributed by atoms with Gasteiger partial charge in [0.2, 0.25) is 5.75 Å². The van der Waals surface area contributed by atoms with Gasteiger partial charge in [0, 0.05) is 11.8 Å². The van der Waals surface area contributed by atoms with E-state index in [4.69, 9.17) is 14.2 Å². The molecule has 1 aliphatic rings. The molecule has 0 spiro atoms. The van der Waals surface area contributed by atoms with Crippen LogP contribution in [0.2, 0.25) is 0 Å². The highest BCUT2D eigenvalue weighted by Crippen LogP contribution is 2.41. The van der Waals surface area contributed by atoms with Gasteiger partial charge in [-0.3, -0.25) is 10.1 Å². The van der Waals surface area contributed by atoms with Crippen LogP contribution in [0.3, 0.4) is 0 Å². The highest BCUT2D eigenvalue weighted by Gasteiger charge is 2.34. The molecule has 13 heteroatoms. The molecule has 0 radical (unpaired) electrons. The van der Waals surface area contributed by atoms with Crippen molar-refractivity contribution < 1.29 is 41.9 Å². The maximum absolute atomic E-state index is 13.0. The molecule has 0 fully saturated rings. The van der Waals surface area contributed by atoms with E-state index in [1.807, 2.05) is 0 Å². The Bertz CT molecular complexity index is 1210. The first kappa shape index (κ1) is 25.3. The van der Waals surface area contributed by atoms with Gasteiger partial charge < -0.3 is 24.8 Å². The minimum Gasteiger partial charge on any atom is -0.493 e. The number of carbonyl (C=O) groups excluding carboxylic acids is 2. The number of ether oxygens (including phenoxy) is 3. The lowest BCUT2D eigenvalue weighted by molar-refractivity contribution is -0.385. The number of carbonyl (C=O) groups is 2. The zero-order valence-corrected chi connectivity index (χ0v) is 18.7. The van der Waals surface area contributed by atoms with Gasteiger partial charge in [-0.05, 0) is 43.7 Å². The summed E-state index contributed by atoms with van der Waals surface area (Å²) >= 11 is 0. The first-order valence-electron chi connectivity index (χ1n) is 10.1. The summed E-state index contributed by atoms with van der Waals surface area (Å²) in [6.07, 6.45) is -4.77. The van der Waals surface area contributed by atoms with Crippen molar-refractivity contribution in [2.24, 2.45) is 0 Å². The number of nitrogens with zero attached hydrogens (tertiary/aromatic N) is 1. The quantitative estimate of drug-likeness (QED) is 0.326. The van der Waals surface area contributed by atoms with Crippen LogP contribution in [0.15, 0.2) is 47.7 Å². The molecule has 2 aromatic rings. The molecule has 0 saturated heterocycles. The molecule has 0 saturated carbocycles. The normalized spacial score (nSPS) is 15.7. The number of nitro groups is 1. The van der Waals surface area contributed by atoms with Crippen LogP contribution >= 0.6 is 0 Å². The summed E-state index contributed by atoms with van der Waals surface area (Å²) in [7, 11) is 1.28. The van der Waals surface area contributed by atoms with Crippen LogP contribution in [0, 0.1) is 10.1 Å². The summed E-state index contributed by atoms with van der Waals surface area (Å²) in [6, 6.07) is 4.65. The lowest BCUT2D eigenvalue weighted by Crippen LogP contribution is -2.45. The summed E-state index contributed by atoms with van der Waals surface area (Å²) in [5, 5.41) is 16.5. The fraction of sp³-hybridized carbons (Fsp3) is 0.273. The molecule has 3 rings (SSSR count). The molecule has 10 nitrogen and oxygen atoms in total. The number of allylic oxidation sites excluding steroid dienone is 1. The van der Waals surface area contributed by atoms with Gasteiger partial charge in [0.25, 0.3) is 0 Å². The molecule has 1 atom stereocenters. The Hall–Kier alpha value is -4.29. The second kappa shape index (κ2) is 9.91. The number of hydrogen-bond acceptors (Lipinski definition) is 7. The smallest absolute Gasteiger partial charge is 0.416 e. The van der Waals surface area contributed by atoms with Crippen LogP contribution in [0.1, 0.15) is 31.0 Å². The van der Waals surface area contributed by atoms with E-state index in [9.17, 15) is 32.9 Å². The number of amides is 2. The average Bonchev–Trinajstić information content (AvgIpc) is 2.78. The number of urea groups is 1. The number of esters is 1. The monoisotopic (exact) mass is 495 g/mol. The molecule has 1 aliphatic heterocycles. The molecule has 2 amide bonds. The minimum atomic E-state index is -4.77. The fourth-order valence-electron chi connectivity index (χ4n) is 3.41. The zero-order valence-electron chi connectivity index (χ0n) is 18.7. The maximum Gasteiger partial charge on any atom is 0.416 e. The van der Waals surface area contributed by atoms with Gasteiger partial charge in [-0.2, -0.15) is 13.2 Å². The van der Waals surface area contributed by atoms with Gasteiger partial charge >= 0.3 is 23.9 Å². The molecule has 0 aliphatic carbocycles. The number of methoxy groups -OCH3 is 1. The minimum absolute atomic E-state index is 0.0437. The number of nitro benzene ring substituents is 1. The zero-order chi connectivity index (χ0) is 25.9. The van der Waals surface area contributed by atoms with E-state index in [0.29, 0.717) is 17.7 Å². The van der Waals surface area contributed by atoms with Crippen LogP contribution in [-0.2, 0) is 15.7 Å². The van der Waals surface area contributed by atoms with Crippen LogP contribution in [0.4, 0.5) is 23.7 Å². The van der Waals surface area contributed by atoms with Crippen LogP contribution in [0.5, 0.6) is 17.2 Å². The number of alkyl halides is 3. The number of hydrogen-bond donors (Lipinski definition) is 2. The van der Waals surface area contributed by atoms with E-state index in [0.717, 1.165) is 6.07 Å². The molecule has 0 bridgehead atoms. The third kappa shape index (κ3) is 5.45. The topological polar surface area (TPSA) is 129 Å². The van der Waals surface area contributed by atoms with E-state index >= 15 is 0 Å². The highest BCUT2D eigenvalue weighted by atomic mass is 19.4. The van der Waals surface area contributed by atoms with Crippen molar-refractivity contribution in [1.29, 1.82) is 0 Å². The largest absolute Gasteiger partial charge is 0.493 e. The fourth-order valence-corrected chi connectivity index (χ4v) is 3.41. The Balaban J connectivity index is 2.00. The predicted octanol–water partition coefficient (Wildman–Crippen LogP) is 4.61. The lowest BCUT2D eigenvalue weighted by Gasteiger charge is -2.28. The molecule has 2 aromatic carbocycles. The van der Waals surface area contributed by atoms with E-state index in [1.54, 1.807) is 6.92 Å². The molecule has 1 heterocycles. The predicted molar refractivity (Wildman–Crippen MR) is 115 cm³/mol. The van der Waals surface area contributed by atoms with Gasteiger partial charge in [0.15, 0.2) is 11.5 Å². The van der Waals surface area contributed by atoms with Crippen molar-refractivity contribution in [2.75, 3.05) is 13.7 Å². The van der Waals surface area contributed by atoms with Crippen molar-refractivity contribution in [3.05, 3.63) is 68.9 Å². The third-order valence-corrected chi connectivity index (χ3v) is 4.99. The van der Waals surface area contributed by atoms with Gasteiger partial charge in [-0.15, -0.1) is 0 Å². The van der Waals surface area contributed by atoms with E-state index in [1.165, 1.54) is 32.2 Å². The maximum atomic E-state index is 13.0. The Morgan fingerprint density at radius 1 is 1.14 bits per heavy atom. The second-order valence-electron chi connectivity index (χ2n) is 7.24.